The van der Waals surface area contributed by atoms with E-state index in [2.05, 4.69) is 32.3 Å². The van der Waals surface area contributed by atoms with E-state index in [-0.39, 0.29) is 5.91 Å². The Balaban J connectivity index is 1.30. The average Bonchev–Trinajstić information content (AvgIpc) is 3.31. The van der Waals surface area contributed by atoms with E-state index in [4.69, 9.17) is 0 Å². The van der Waals surface area contributed by atoms with Crippen LogP contribution in [-0.4, -0.2) is 56.7 Å². The van der Waals surface area contributed by atoms with E-state index in [9.17, 15) is 4.79 Å². The number of para-hydroxylation sites is 2. The van der Waals surface area contributed by atoms with Crippen LogP contribution < -0.4 is 5.32 Å². The van der Waals surface area contributed by atoms with Gasteiger partial charge in [0.1, 0.15) is 5.69 Å². The van der Waals surface area contributed by atoms with E-state index in [1.54, 1.807) is 0 Å². The highest BCUT2D eigenvalue weighted by atomic mass is 16.1. The van der Waals surface area contributed by atoms with Crippen molar-refractivity contribution in [1.29, 1.82) is 0 Å². The van der Waals surface area contributed by atoms with Gasteiger partial charge in [0, 0.05) is 13.1 Å². The normalized spacial score (nSPS) is 16.0. The topological polar surface area (TPSA) is 78.8 Å². The molecule has 1 saturated heterocycles. The quantitative estimate of drug-likeness (QED) is 0.701. The maximum absolute atomic E-state index is 12.3. The minimum absolute atomic E-state index is 0.127. The van der Waals surface area contributed by atoms with Crippen molar-refractivity contribution in [3.05, 3.63) is 48.0 Å². The number of hydrogen-bond donors (Lipinski definition) is 2. The van der Waals surface area contributed by atoms with Gasteiger partial charge in [-0.3, -0.25) is 9.89 Å². The van der Waals surface area contributed by atoms with E-state index in [1.807, 2.05) is 41.2 Å². The minimum Gasteiger partial charge on any atom is -0.349 e. The summed E-state index contributed by atoms with van der Waals surface area (Å²) in [5, 5.41) is 10.1. The Hall–Kier alpha value is -2.67. The molecule has 7 heteroatoms. The van der Waals surface area contributed by atoms with Crippen molar-refractivity contribution in [2.75, 3.05) is 26.2 Å². The maximum Gasteiger partial charge on any atom is 0.271 e. The third-order valence-corrected chi connectivity index (χ3v) is 5.32. The van der Waals surface area contributed by atoms with Gasteiger partial charge in [-0.15, -0.1) is 0 Å². The molecule has 1 aliphatic rings. The van der Waals surface area contributed by atoms with Crippen molar-refractivity contribution >= 4 is 16.9 Å². The second-order valence-electron chi connectivity index (χ2n) is 7.42. The Morgan fingerprint density at radius 2 is 2.11 bits per heavy atom. The third-order valence-electron chi connectivity index (χ3n) is 5.32. The monoisotopic (exact) mass is 366 g/mol. The Labute approximate surface area is 158 Å². The number of hydrogen-bond acceptors (Lipinski definition) is 4. The van der Waals surface area contributed by atoms with Crippen LogP contribution in [-0.2, 0) is 6.54 Å². The number of carbonyl (C=O) groups is 1. The number of piperidine rings is 1. The highest BCUT2D eigenvalue weighted by Crippen LogP contribution is 2.15. The Bertz CT molecular complexity index is 906. The number of aromatic nitrogens is 4. The Morgan fingerprint density at radius 1 is 1.30 bits per heavy atom. The van der Waals surface area contributed by atoms with Crippen LogP contribution in [0.1, 0.15) is 35.9 Å². The lowest BCUT2D eigenvalue weighted by atomic mass is 9.99. The molecular formula is C20H26N6O. The summed E-state index contributed by atoms with van der Waals surface area (Å²) in [5.74, 6) is 0.698. The third kappa shape index (κ3) is 4.19. The molecule has 0 saturated carbocycles. The molecule has 0 unspecified atom stereocenters. The lowest BCUT2D eigenvalue weighted by molar-refractivity contribution is 0.0939. The first-order valence-electron chi connectivity index (χ1n) is 9.64. The summed E-state index contributed by atoms with van der Waals surface area (Å²) >= 11 is 0. The van der Waals surface area contributed by atoms with E-state index >= 15 is 0 Å². The number of rotatable bonds is 6. The smallest absolute Gasteiger partial charge is 0.271 e. The van der Waals surface area contributed by atoms with E-state index < -0.39 is 0 Å². The molecule has 1 amide bonds. The van der Waals surface area contributed by atoms with Crippen LogP contribution in [0.4, 0.5) is 0 Å². The van der Waals surface area contributed by atoms with E-state index in [1.165, 1.54) is 12.8 Å². The van der Waals surface area contributed by atoms with Crippen molar-refractivity contribution in [3.8, 4) is 0 Å². The molecule has 27 heavy (non-hydrogen) atoms. The summed E-state index contributed by atoms with van der Waals surface area (Å²) in [6.07, 6.45) is 4.31. The molecule has 142 valence electrons. The molecule has 3 heterocycles. The van der Waals surface area contributed by atoms with Gasteiger partial charge >= 0.3 is 0 Å². The van der Waals surface area contributed by atoms with Gasteiger partial charge in [-0.25, -0.2) is 4.98 Å². The molecule has 0 bridgehead atoms. The Morgan fingerprint density at radius 3 is 2.96 bits per heavy atom. The van der Waals surface area contributed by atoms with Gasteiger partial charge in [0.2, 0.25) is 0 Å². The van der Waals surface area contributed by atoms with E-state index in [0.29, 0.717) is 18.8 Å². The van der Waals surface area contributed by atoms with Crippen LogP contribution >= 0.6 is 0 Å². The number of imidazole rings is 1. The largest absolute Gasteiger partial charge is 0.349 e. The van der Waals surface area contributed by atoms with Crippen LogP contribution in [0.5, 0.6) is 0 Å². The Kier molecular flexibility index (Phi) is 5.20. The van der Waals surface area contributed by atoms with Gasteiger partial charge in [0.05, 0.1) is 29.6 Å². The summed E-state index contributed by atoms with van der Waals surface area (Å²) in [4.78, 5) is 19.1. The number of nitrogens with one attached hydrogen (secondary N) is 2. The molecule has 1 aromatic carbocycles. The summed E-state index contributed by atoms with van der Waals surface area (Å²) in [6, 6.07) is 9.80. The standard InChI is InChI=1S/C20H26N6O/c1-15-6-9-25(10-7-15)11-8-21-20(27)18-12-16(23-24-18)13-26-14-22-17-4-2-3-5-19(17)26/h2-5,12,14-15H,6-11,13H2,1H3,(H,21,27)(H,23,24). The zero-order chi connectivity index (χ0) is 18.6. The first-order chi connectivity index (χ1) is 13.2. The number of fused-ring (bicyclic) bond motifs is 1. The number of aromatic amines is 1. The molecule has 1 fully saturated rings. The summed E-state index contributed by atoms with van der Waals surface area (Å²) < 4.78 is 2.04. The average molecular weight is 366 g/mol. The van der Waals surface area contributed by atoms with Crippen molar-refractivity contribution in [1.82, 2.24) is 30.0 Å². The highest BCUT2D eigenvalue weighted by Gasteiger charge is 2.16. The van der Waals surface area contributed by atoms with Crippen LogP contribution in [0.3, 0.4) is 0 Å². The molecule has 3 aromatic rings. The fourth-order valence-electron chi connectivity index (χ4n) is 3.58. The highest BCUT2D eigenvalue weighted by molar-refractivity contribution is 5.92. The van der Waals surface area contributed by atoms with Crippen LogP contribution in [0.15, 0.2) is 36.7 Å². The maximum atomic E-state index is 12.3. The van der Waals surface area contributed by atoms with Gasteiger partial charge in [0.25, 0.3) is 5.91 Å². The number of carbonyl (C=O) groups excluding carboxylic acids is 1. The van der Waals surface area contributed by atoms with Gasteiger partial charge < -0.3 is 14.8 Å². The lowest BCUT2D eigenvalue weighted by Gasteiger charge is -2.30. The minimum atomic E-state index is -0.127. The van der Waals surface area contributed by atoms with Gasteiger partial charge in [-0.1, -0.05) is 19.1 Å². The SMILES string of the molecule is CC1CCN(CCNC(=O)c2cc(Cn3cnc4ccccc43)[nH]n2)CC1. The zero-order valence-electron chi connectivity index (χ0n) is 15.7. The first-order valence-corrected chi connectivity index (χ1v) is 9.64. The summed E-state index contributed by atoms with van der Waals surface area (Å²) in [5.41, 5.74) is 3.34. The van der Waals surface area contributed by atoms with Gasteiger partial charge in [-0.05, 0) is 50.0 Å². The first kappa shape index (κ1) is 17.7. The van der Waals surface area contributed by atoms with Crippen molar-refractivity contribution in [2.24, 2.45) is 5.92 Å². The van der Waals surface area contributed by atoms with Crippen molar-refractivity contribution in [3.63, 3.8) is 0 Å². The number of benzene rings is 1. The predicted molar refractivity (Wildman–Crippen MR) is 105 cm³/mol. The molecule has 1 aliphatic heterocycles. The summed E-state index contributed by atoms with van der Waals surface area (Å²) in [6.45, 7) is 6.72. The second kappa shape index (κ2) is 7.92. The number of amides is 1. The number of H-pyrrole nitrogens is 1. The number of nitrogens with zero attached hydrogens (tertiary/aromatic N) is 4. The second-order valence-corrected chi connectivity index (χ2v) is 7.42. The number of likely N-dealkylation sites (tertiary alicyclic amines) is 1. The molecular weight excluding hydrogens is 340 g/mol. The predicted octanol–water partition coefficient (Wildman–Crippen LogP) is 2.27. The van der Waals surface area contributed by atoms with E-state index in [0.717, 1.165) is 42.3 Å². The molecule has 0 radical (unpaired) electrons. The van der Waals surface area contributed by atoms with Gasteiger partial charge in [0.15, 0.2) is 0 Å². The fourth-order valence-corrected chi connectivity index (χ4v) is 3.58. The molecule has 2 N–H and O–H groups in total. The molecule has 7 nitrogen and oxygen atoms in total. The zero-order valence-corrected chi connectivity index (χ0v) is 15.7. The van der Waals surface area contributed by atoms with Crippen molar-refractivity contribution < 1.29 is 4.79 Å². The van der Waals surface area contributed by atoms with Crippen LogP contribution in [0, 0.1) is 5.92 Å². The van der Waals surface area contributed by atoms with Crippen LogP contribution in [0.2, 0.25) is 0 Å². The lowest BCUT2D eigenvalue weighted by Crippen LogP contribution is -2.39. The summed E-state index contributed by atoms with van der Waals surface area (Å²) in [7, 11) is 0. The molecule has 4 rings (SSSR count). The molecule has 0 atom stereocenters. The molecule has 0 aliphatic carbocycles. The fraction of sp³-hybridized carbons (Fsp3) is 0.450. The van der Waals surface area contributed by atoms with Crippen LogP contribution in [0.25, 0.3) is 11.0 Å². The van der Waals surface area contributed by atoms with Gasteiger partial charge in [-0.2, -0.15) is 5.10 Å². The molecule has 2 aromatic heterocycles. The molecule has 0 spiro atoms. The van der Waals surface area contributed by atoms with Crippen molar-refractivity contribution in [2.45, 2.75) is 26.3 Å².